The van der Waals surface area contributed by atoms with E-state index in [0.29, 0.717) is 17.6 Å². The number of carbonyl (C=O) groups excluding carboxylic acids is 1. The van der Waals surface area contributed by atoms with E-state index >= 15 is 0 Å². The number of hydrogen-bond acceptors (Lipinski definition) is 5. The minimum atomic E-state index is -0.0160. The highest BCUT2D eigenvalue weighted by molar-refractivity contribution is 5.92. The van der Waals surface area contributed by atoms with Crippen LogP contribution in [0.5, 0.6) is 0 Å². The van der Waals surface area contributed by atoms with E-state index in [1.54, 1.807) is 12.4 Å². The second-order valence-electron chi connectivity index (χ2n) is 5.30. The third kappa shape index (κ3) is 3.45. The average molecular weight is 277 g/mol. The van der Waals surface area contributed by atoms with Gasteiger partial charge in [0.25, 0.3) is 5.91 Å². The zero-order chi connectivity index (χ0) is 14.5. The summed E-state index contributed by atoms with van der Waals surface area (Å²) in [4.78, 5) is 24.8. The van der Waals surface area contributed by atoms with E-state index in [1.165, 1.54) is 0 Å². The Morgan fingerprint density at radius 2 is 2.05 bits per heavy atom. The summed E-state index contributed by atoms with van der Waals surface area (Å²) in [6, 6.07) is 0.571. The summed E-state index contributed by atoms with van der Waals surface area (Å²) < 4.78 is 0. The van der Waals surface area contributed by atoms with Crippen LogP contribution in [0.1, 0.15) is 30.3 Å². The zero-order valence-corrected chi connectivity index (χ0v) is 12.5. The van der Waals surface area contributed by atoms with Crippen LogP contribution in [0.25, 0.3) is 0 Å². The Morgan fingerprint density at radius 1 is 1.35 bits per heavy atom. The summed E-state index contributed by atoms with van der Waals surface area (Å²) in [5, 5.41) is 3.07. The van der Waals surface area contributed by atoms with Gasteiger partial charge < -0.3 is 15.1 Å². The lowest BCUT2D eigenvalue weighted by atomic mass is 10.0. The van der Waals surface area contributed by atoms with Crippen molar-refractivity contribution < 1.29 is 4.79 Å². The van der Waals surface area contributed by atoms with Gasteiger partial charge in [-0.25, -0.2) is 9.97 Å². The van der Waals surface area contributed by atoms with Gasteiger partial charge in [-0.1, -0.05) is 0 Å². The van der Waals surface area contributed by atoms with Crippen LogP contribution in [0.2, 0.25) is 0 Å². The predicted octanol–water partition coefficient (Wildman–Crippen LogP) is 1.07. The molecule has 2 rings (SSSR count). The SMILES string of the molecule is CCNc1cnc(C(=O)N2CCC(N(C)C)CC2)cn1. The predicted molar refractivity (Wildman–Crippen MR) is 78.8 cm³/mol. The zero-order valence-electron chi connectivity index (χ0n) is 12.5. The Kier molecular flexibility index (Phi) is 4.89. The fourth-order valence-corrected chi connectivity index (χ4v) is 2.46. The summed E-state index contributed by atoms with van der Waals surface area (Å²) in [7, 11) is 4.18. The van der Waals surface area contributed by atoms with Gasteiger partial charge in [0.15, 0.2) is 0 Å². The van der Waals surface area contributed by atoms with E-state index in [2.05, 4.69) is 34.3 Å². The lowest BCUT2D eigenvalue weighted by molar-refractivity contribution is 0.0657. The molecule has 1 aromatic rings. The standard InChI is InChI=1S/C14H23N5O/c1-4-15-13-10-16-12(9-17-13)14(20)19-7-5-11(6-8-19)18(2)3/h9-11H,4-8H2,1-3H3,(H,15,17). The molecule has 1 aliphatic heterocycles. The van der Waals surface area contributed by atoms with Crippen molar-refractivity contribution in [2.45, 2.75) is 25.8 Å². The van der Waals surface area contributed by atoms with Crippen LogP contribution >= 0.6 is 0 Å². The number of likely N-dealkylation sites (tertiary alicyclic amines) is 1. The molecule has 0 spiro atoms. The van der Waals surface area contributed by atoms with Gasteiger partial charge in [-0.15, -0.1) is 0 Å². The number of aromatic nitrogens is 2. The van der Waals surface area contributed by atoms with Crippen molar-refractivity contribution in [1.82, 2.24) is 19.8 Å². The van der Waals surface area contributed by atoms with Crippen LogP contribution in [-0.2, 0) is 0 Å². The normalized spacial score (nSPS) is 16.5. The first kappa shape index (κ1) is 14.7. The Hall–Kier alpha value is -1.69. The van der Waals surface area contributed by atoms with Crippen LogP contribution < -0.4 is 5.32 Å². The summed E-state index contributed by atoms with van der Waals surface area (Å²) in [5.41, 5.74) is 0.426. The fraction of sp³-hybridized carbons (Fsp3) is 0.643. The van der Waals surface area contributed by atoms with Crippen molar-refractivity contribution >= 4 is 11.7 Å². The van der Waals surface area contributed by atoms with E-state index < -0.39 is 0 Å². The maximum Gasteiger partial charge on any atom is 0.274 e. The molecule has 6 nitrogen and oxygen atoms in total. The Labute approximate surface area is 120 Å². The summed E-state index contributed by atoms with van der Waals surface area (Å²) in [6.07, 6.45) is 5.20. The molecule has 20 heavy (non-hydrogen) atoms. The van der Waals surface area contributed by atoms with Gasteiger partial charge >= 0.3 is 0 Å². The molecule has 1 N–H and O–H groups in total. The molecule has 0 aliphatic carbocycles. The molecule has 0 aromatic carbocycles. The summed E-state index contributed by atoms with van der Waals surface area (Å²) in [5.74, 6) is 0.688. The van der Waals surface area contributed by atoms with Gasteiger partial charge in [0, 0.05) is 25.7 Å². The molecular weight excluding hydrogens is 254 g/mol. The smallest absolute Gasteiger partial charge is 0.274 e. The van der Waals surface area contributed by atoms with Gasteiger partial charge in [0.2, 0.25) is 0 Å². The molecule has 0 atom stereocenters. The van der Waals surface area contributed by atoms with E-state index in [-0.39, 0.29) is 5.91 Å². The molecule has 0 saturated carbocycles. The highest BCUT2D eigenvalue weighted by atomic mass is 16.2. The Bertz CT molecular complexity index is 437. The van der Waals surface area contributed by atoms with Crippen molar-refractivity contribution in [3.8, 4) is 0 Å². The topological polar surface area (TPSA) is 61.4 Å². The quantitative estimate of drug-likeness (QED) is 0.892. The van der Waals surface area contributed by atoms with Gasteiger partial charge in [-0.3, -0.25) is 4.79 Å². The highest BCUT2D eigenvalue weighted by Crippen LogP contribution is 2.16. The minimum absolute atomic E-state index is 0.0160. The summed E-state index contributed by atoms with van der Waals surface area (Å²) >= 11 is 0. The lowest BCUT2D eigenvalue weighted by Crippen LogP contribution is -2.44. The number of carbonyl (C=O) groups is 1. The maximum absolute atomic E-state index is 12.3. The number of piperidine rings is 1. The van der Waals surface area contributed by atoms with E-state index in [1.807, 2.05) is 11.8 Å². The van der Waals surface area contributed by atoms with Crippen molar-refractivity contribution in [3.63, 3.8) is 0 Å². The van der Waals surface area contributed by atoms with Gasteiger partial charge in [-0.05, 0) is 33.9 Å². The first-order chi connectivity index (χ1) is 9.61. The number of nitrogens with zero attached hydrogens (tertiary/aromatic N) is 4. The summed E-state index contributed by atoms with van der Waals surface area (Å²) in [6.45, 7) is 4.37. The molecular formula is C14H23N5O. The number of hydrogen-bond donors (Lipinski definition) is 1. The van der Waals surface area contributed by atoms with Crippen molar-refractivity contribution in [2.75, 3.05) is 39.0 Å². The lowest BCUT2D eigenvalue weighted by Gasteiger charge is -2.34. The molecule has 110 valence electrons. The van der Waals surface area contributed by atoms with Gasteiger partial charge in [-0.2, -0.15) is 0 Å². The molecule has 0 unspecified atom stereocenters. The first-order valence-electron chi connectivity index (χ1n) is 7.13. The van der Waals surface area contributed by atoms with Crippen LogP contribution in [0.3, 0.4) is 0 Å². The van der Waals surface area contributed by atoms with Gasteiger partial charge in [0.1, 0.15) is 11.5 Å². The molecule has 0 radical (unpaired) electrons. The Morgan fingerprint density at radius 3 is 2.55 bits per heavy atom. The largest absolute Gasteiger partial charge is 0.369 e. The second-order valence-corrected chi connectivity index (χ2v) is 5.30. The van der Waals surface area contributed by atoms with Crippen LogP contribution in [0.4, 0.5) is 5.82 Å². The van der Waals surface area contributed by atoms with Crippen molar-refractivity contribution in [1.29, 1.82) is 0 Å². The van der Waals surface area contributed by atoms with Crippen molar-refractivity contribution in [2.24, 2.45) is 0 Å². The third-order valence-corrected chi connectivity index (χ3v) is 3.71. The van der Waals surface area contributed by atoms with Crippen LogP contribution in [0.15, 0.2) is 12.4 Å². The van der Waals surface area contributed by atoms with E-state index in [9.17, 15) is 4.79 Å². The van der Waals surface area contributed by atoms with Crippen molar-refractivity contribution in [3.05, 3.63) is 18.1 Å². The average Bonchev–Trinajstić information content (AvgIpc) is 2.48. The molecule has 1 fully saturated rings. The molecule has 1 saturated heterocycles. The molecule has 1 aromatic heterocycles. The fourth-order valence-electron chi connectivity index (χ4n) is 2.46. The number of amides is 1. The maximum atomic E-state index is 12.3. The number of nitrogens with one attached hydrogen (secondary N) is 1. The number of rotatable bonds is 4. The van der Waals surface area contributed by atoms with E-state index in [4.69, 9.17) is 0 Å². The number of anilines is 1. The van der Waals surface area contributed by atoms with Gasteiger partial charge in [0.05, 0.1) is 12.4 Å². The minimum Gasteiger partial charge on any atom is -0.369 e. The monoisotopic (exact) mass is 277 g/mol. The first-order valence-corrected chi connectivity index (χ1v) is 7.13. The second kappa shape index (κ2) is 6.65. The third-order valence-electron chi connectivity index (χ3n) is 3.71. The molecule has 0 bridgehead atoms. The molecule has 1 amide bonds. The van der Waals surface area contributed by atoms with E-state index in [0.717, 1.165) is 32.5 Å². The molecule has 6 heteroatoms. The molecule has 2 heterocycles. The molecule has 1 aliphatic rings. The Balaban J connectivity index is 1.94. The highest BCUT2D eigenvalue weighted by Gasteiger charge is 2.25. The van der Waals surface area contributed by atoms with Crippen LogP contribution in [-0.4, -0.2) is 65.4 Å². The van der Waals surface area contributed by atoms with Crippen LogP contribution in [0, 0.1) is 0 Å².